The largest absolute Gasteiger partial charge is 0.466 e. The number of rotatable bonds is 3. The molecular weight excluding hydrogens is 202 g/mol. The van der Waals surface area contributed by atoms with E-state index in [0.29, 0.717) is 13.0 Å². The van der Waals surface area contributed by atoms with Gasteiger partial charge in [-0.05, 0) is 25.5 Å². The van der Waals surface area contributed by atoms with Crippen molar-refractivity contribution in [2.24, 2.45) is 4.99 Å². The molecule has 0 fully saturated rings. The van der Waals surface area contributed by atoms with Crippen molar-refractivity contribution in [3.8, 4) is 0 Å². The fourth-order valence-electron chi connectivity index (χ4n) is 2.00. The molecule has 2 rings (SSSR count). The average molecular weight is 217 g/mol. The van der Waals surface area contributed by atoms with E-state index in [1.54, 1.807) is 0 Å². The fourth-order valence-corrected chi connectivity index (χ4v) is 2.00. The van der Waals surface area contributed by atoms with Gasteiger partial charge < -0.3 is 4.74 Å². The molecule has 3 nitrogen and oxygen atoms in total. The average Bonchev–Trinajstić information content (AvgIpc) is 2.58. The molecule has 0 aliphatic carbocycles. The summed E-state index contributed by atoms with van der Waals surface area (Å²) in [6.07, 6.45) is 2.19. The first kappa shape index (κ1) is 10.9. The first-order chi connectivity index (χ1) is 7.65. The molecule has 0 spiro atoms. The summed E-state index contributed by atoms with van der Waals surface area (Å²) < 4.78 is 4.98. The van der Waals surface area contributed by atoms with Crippen LogP contribution in [0.15, 0.2) is 29.3 Å². The van der Waals surface area contributed by atoms with Gasteiger partial charge in [-0.15, -0.1) is 0 Å². The number of fused-ring (bicyclic) bond motifs is 1. The van der Waals surface area contributed by atoms with Gasteiger partial charge in [0.15, 0.2) is 0 Å². The van der Waals surface area contributed by atoms with Crippen LogP contribution in [-0.2, 0) is 14.9 Å². The third-order valence-electron chi connectivity index (χ3n) is 2.82. The number of carbonyl (C=O) groups excluding carboxylic acids is 1. The van der Waals surface area contributed by atoms with Gasteiger partial charge in [-0.3, -0.25) is 9.79 Å². The molecule has 0 aromatic heterocycles. The quantitative estimate of drug-likeness (QED) is 0.730. The van der Waals surface area contributed by atoms with E-state index < -0.39 is 0 Å². The van der Waals surface area contributed by atoms with E-state index in [4.69, 9.17) is 4.74 Å². The van der Waals surface area contributed by atoms with Crippen LogP contribution < -0.4 is 0 Å². The first-order valence-corrected chi connectivity index (χ1v) is 5.46. The van der Waals surface area contributed by atoms with Gasteiger partial charge >= 0.3 is 5.97 Å². The summed E-state index contributed by atoms with van der Waals surface area (Å²) in [6, 6.07) is 7.90. The summed E-state index contributed by atoms with van der Waals surface area (Å²) in [5, 5.41) is 0. The van der Waals surface area contributed by atoms with Gasteiger partial charge in [-0.25, -0.2) is 0 Å². The second-order valence-electron chi connectivity index (χ2n) is 4.17. The van der Waals surface area contributed by atoms with Crippen molar-refractivity contribution in [1.82, 2.24) is 0 Å². The van der Waals surface area contributed by atoms with Gasteiger partial charge in [0.05, 0.1) is 18.7 Å². The molecule has 0 bridgehead atoms. The molecule has 1 atom stereocenters. The molecule has 0 saturated carbocycles. The second-order valence-corrected chi connectivity index (χ2v) is 4.17. The maximum Gasteiger partial charge on any atom is 0.307 e. The SMILES string of the molecule is CCOC(=O)C[C@]1(C)C=Nc2ccccc21. The Kier molecular flexibility index (Phi) is 2.77. The van der Waals surface area contributed by atoms with Gasteiger partial charge in [-0.1, -0.05) is 18.2 Å². The van der Waals surface area contributed by atoms with E-state index in [-0.39, 0.29) is 11.4 Å². The number of carbonyl (C=O) groups is 1. The number of para-hydroxylation sites is 1. The van der Waals surface area contributed by atoms with Crippen LogP contribution >= 0.6 is 0 Å². The van der Waals surface area contributed by atoms with Crippen molar-refractivity contribution in [1.29, 1.82) is 0 Å². The molecule has 0 saturated heterocycles. The number of esters is 1. The van der Waals surface area contributed by atoms with Crippen LogP contribution in [-0.4, -0.2) is 18.8 Å². The molecule has 1 heterocycles. The summed E-state index contributed by atoms with van der Waals surface area (Å²) in [6.45, 7) is 4.25. The van der Waals surface area contributed by atoms with Crippen LogP contribution in [0, 0.1) is 0 Å². The molecule has 1 aromatic carbocycles. The lowest BCUT2D eigenvalue weighted by Gasteiger charge is -2.20. The molecule has 0 N–H and O–H groups in total. The summed E-state index contributed by atoms with van der Waals surface area (Å²) in [5.74, 6) is -0.173. The van der Waals surface area contributed by atoms with E-state index in [9.17, 15) is 4.79 Å². The Morgan fingerprint density at radius 3 is 2.94 bits per heavy atom. The Morgan fingerprint density at radius 1 is 1.44 bits per heavy atom. The van der Waals surface area contributed by atoms with Crippen molar-refractivity contribution in [2.45, 2.75) is 25.7 Å². The molecular formula is C13H15NO2. The van der Waals surface area contributed by atoms with E-state index in [2.05, 4.69) is 4.99 Å². The van der Waals surface area contributed by atoms with E-state index >= 15 is 0 Å². The number of ether oxygens (including phenoxy) is 1. The predicted octanol–water partition coefficient (Wildman–Crippen LogP) is 2.61. The first-order valence-electron chi connectivity index (χ1n) is 5.46. The maximum atomic E-state index is 11.5. The van der Waals surface area contributed by atoms with Gasteiger partial charge in [0.25, 0.3) is 0 Å². The minimum absolute atomic E-state index is 0.173. The van der Waals surface area contributed by atoms with Crippen molar-refractivity contribution < 1.29 is 9.53 Å². The van der Waals surface area contributed by atoms with Crippen LogP contribution in [0.1, 0.15) is 25.8 Å². The lowest BCUT2D eigenvalue weighted by Crippen LogP contribution is -2.26. The maximum absolute atomic E-state index is 11.5. The lowest BCUT2D eigenvalue weighted by atomic mass is 9.82. The predicted molar refractivity (Wildman–Crippen MR) is 63.2 cm³/mol. The molecule has 0 radical (unpaired) electrons. The van der Waals surface area contributed by atoms with Crippen molar-refractivity contribution >= 4 is 17.9 Å². The highest BCUT2D eigenvalue weighted by Gasteiger charge is 2.34. The van der Waals surface area contributed by atoms with Crippen LogP contribution in [0.3, 0.4) is 0 Å². The summed E-state index contributed by atoms with van der Waals surface area (Å²) in [5.41, 5.74) is 1.74. The van der Waals surface area contributed by atoms with E-state index in [1.165, 1.54) is 0 Å². The third-order valence-corrected chi connectivity index (χ3v) is 2.82. The molecule has 3 heteroatoms. The Balaban J connectivity index is 2.22. The highest BCUT2D eigenvalue weighted by molar-refractivity contribution is 5.89. The zero-order valence-corrected chi connectivity index (χ0v) is 9.56. The van der Waals surface area contributed by atoms with Crippen LogP contribution in [0.4, 0.5) is 5.69 Å². The number of hydrogen-bond donors (Lipinski definition) is 0. The molecule has 1 aliphatic heterocycles. The molecule has 84 valence electrons. The third kappa shape index (κ3) is 1.85. The summed E-state index contributed by atoms with van der Waals surface area (Å²) in [4.78, 5) is 15.9. The monoisotopic (exact) mass is 217 g/mol. The van der Waals surface area contributed by atoms with E-state index in [0.717, 1.165) is 11.3 Å². The highest BCUT2D eigenvalue weighted by Crippen LogP contribution is 2.38. The Hall–Kier alpha value is -1.64. The number of aliphatic imine (C=N–C) groups is 1. The zero-order chi connectivity index (χ0) is 11.6. The smallest absolute Gasteiger partial charge is 0.307 e. The Morgan fingerprint density at radius 2 is 2.19 bits per heavy atom. The second kappa shape index (κ2) is 4.08. The molecule has 0 amide bonds. The van der Waals surface area contributed by atoms with Crippen LogP contribution in [0.5, 0.6) is 0 Å². The standard InChI is InChI=1S/C13H15NO2/c1-3-16-12(15)8-13(2)9-14-11-7-5-4-6-10(11)13/h4-7,9H,3,8H2,1-2H3/t13-/m1/s1. The molecule has 16 heavy (non-hydrogen) atoms. The molecule has 0 unspecified atom stereocenters. The van der Waals surface area contributed by atoms with Crippen molar-refractivity contribution in [2.75, 3.05) is 6.61 Å². The minimum atomic E-state index is -0.317. The minimum Gasteiger partial charge on any atom is -0.466 e. The van der Waals surface area contributed by atoms with Gasteiger partial charge in [-0.2, -0.15) is 0 Å². The normalized spacial score (nSPS) is 21.9. The number of benzene rings is 1. The number of nitrogens with zero attached hydrogens (tertiary/aromatic N) is 1. The number of hydrogen-bond acceptors (Lipinski definition) is 3. The van der Waals surface area contributed by atoms with Crippen molar-refractivity contribution in [3.05, 3.63) is 29.8 Å². The fraction of sp³-hybridized carbons (Fsp3) is 0.385. The van der Waals surface area contributed by atoms with E-state index in [1.807, 2.05) is 44.3 Å². The Bertz CT molecular complexity index is 439. The Labute approximate surface area is 95.2 Å². The van der Waals surface area contributed by atoms with Crippen molar-refractivity contribution in [3.63, 3.8) is 0 Å². The van der Waals surface area contributed by atoms with Gasteiger partial charge in [0, 0.05) is 11.6 Å². The molecule has 1 aliphatic rings. The molecule has 1 aromatic rings. The lowest BCUT2D eigenvalue weighted by molar-refractivity contribution is -0.143. The summed E-state index contributed by atoms with van der Waals surface area (Å²) >= 11 is 0. The van der Waals surface area contributed by atoms with Gasteiger partial charge in [0.1, 0.15) is 0 Å². The van der Waals surface area contributed by atoms with Crippen LogP contribution in [0.25, 0.3) is 0 Å². The summed E-state index contributed by atoms with van der Waals surface area (Å²) in [7, 11) is 0. The topological polar surface area (TPSA) is 38.7 Å². The zero-order valence-electron chi connectivity index (χ0n) is 9.56. The van der Waals surface area contributed by atoms with Gasteiger partial charge in [0.2, 0.25) is 0 Å². The van der Waals surface area contributed by atoms with Crippen LogP contribution in [0.2, 0.25) is 0 Å². The highest BCUT2D eigenvalue weighted by atomic mass is 16.5.